The van der Waals surface area contributed by atoms with Gasteiger partial charge in [-0.05, 0) is 43.4 Å². The van der Waals surface area contributed by atoms with E-state index in [1.165, 1.54) is 19.3 Å². The quantitative estimate of drug-likeness (QED) is 0.581. The zero-order valence-electron chi connectivity index (χ0n) is 19.4. The van der Waals surface area contributed by atoms with Crippen LogP contribution in [0.2, 0.25) is 0 Å². The van der Waals surface area contributed by atoms with Gasteiger partial charge in [0.05, 0.1) is 77.3 Å². The van der Waals surface area contributed by atoms with Crippen molar-refractivity contribution in [2.45, 2.75) is 90.1 Å². The molecule has 0 unspecified atom stereocenters. The van der Waals surface area contributed by atoms with Crippen molar-refractivity contribution in [2.24, 2.45) is 11.3 Å². The zero-order valence-corrected chi connectivity index (χ0v) is 19.4. The van der Waals surface area contributed by atoms with Gasteiger partial charge in [0.2, 0.25) is 0 Å². The van der Waals surface area contributed by atoms with Gasteiger partial charge in [-0.1, -0.05) is 33.6 Å². The molecule has 0 amide bonds. The number of hydrogen-bond donors (Lipinski definition) is 0. The van der Waals surface area contributed by atoms with Gasteiger partial charge in [0.25, 0.3) is 0 Å². The molecule has 3 rings (SSSR count). The average molecular weight is 429 g/mol. The van der Waals surface area contributed by atoms with Gasteiger partial charge in [0.15, 0.2) is 0 Å². The first-order valence-corrected chi connectivity index (χ1v) is 12.2. The van der Waals surface area contributed by atoms with Crippen molar-refractivity contribution < 1.29 is 28.4 Å². The fourth-order valence-electron chi connectivity index (χ4n) is 4.94. The Balaban J connectivity index is 1.49. The molecule has 1 aliphatic heterocycles. The second-order valence-electron chi connectivity index (χ2n) is 10.0. The Bertz CT molecular complexity index is 465. The summed E-state index contributed by atoms with van der Waals surface area (Å²) in [5, 5.41) is 0. The Morgan fingerprint density at radius 1 is 0.500 bits per heavy atom. The van der Waals surface area contributed by atoms with Crippen LogP contribution in [0.3, 0.4) is 0 Å². The summed E-state index contributed by atoms with van der Waals surface area (Å²) in [6.07, 6.45) is 8.50. The fraction of sp³-hybridized carbons (Fsp3) is 1.00. The highest BCUT2D eigenvalue weighted by atomic mass is 16.6. The molecule has 3 aliphatic rings. The highest BCUT2D eigenvalue weighted by Crippen LogP contribution is 2.39. The van der Waals surface area contributed by atoms with E-state index in [2.05, 4.69) is 20.8 Å². The van der Waals surface area contributed by atoms with Crippen LogP contribution in [0.5, 0.6) is 0 Å². The van der Waals surface area contributed by atoms with E-state index in [0.717, 1.165) is 25.7 Å². The Morgan fingerprint density at radius 2 is 0.933 bits per heavy atom. The topological polar surface area (TPSA) is 55.4 Å². The first kappa shape index (κ1) is 24.4. The first-order valence-electron chi connectivity index (χ1n) is 12.2. The molecule has 0 radical (unpaired) electrons. The van der Waals surface area contributed by atoms with E-state index in [1.807, 2.05) is 0 Å². The van der Waals surface area contributed by atoms with Gasteiger partial charge in [0, 0.05) is 0 Å². The molecule has 3 fully saturated rings. The van der Waals surface area contributed by atoms with E-state index >= 15 is 0 Å². The standard InChI is InChI=1S/C24H44O6/c1-24(2,3)19-8-9-22-23(18-19)30-17-13-26-11-15-28-21-7-5-4-6-20(21)27-14-10-25-12-16-29-22/h19-23H,4-18H2,1-3H3/t19-,20-,21+,22-,23+/m0/s1. The highest BCUT2D eigenvalue weighted by molar-refractivity contribution is 4.87. The third-order valence-corrected chi connectivity index (χ3v) is 6.84. The number of ether oxygens (including phenoxy) is 6. The lowest BCUT2D eigenvalue weighted by Crippen LogP contribution is -2.42. The summed E-state index contributed by atoms with van der Waals surface area (Å²) in [4.78, 5) is 0. The van der Waals surface area contributed by atoms with Crippen molar-refractivity contribution in [2.75, 3.05) is 52.9 Å². The van der Waals surface area contributed by atoms with Crippen LogP contribution in [0, 0.1) is 11.3 Å². The Kier molecular flexibility index (Phi) is 10.3. The Morgan fingerprint density at radius 3 is 1.40 bits per heavy atom. The monoisotopic (exact) mass is 428 g/mol. The lowest BCUT2D eigenvalue weighted by Gasteiger charge is -2.41. The first-order chi connectivity index (χ1) is 14.5. The number of fused-ring (bicyclic) bond motifs is 2. The van der Waals surface area contributed by atoms with Crippen LogP contribution < -0.4 is 0 Å². The Labute approximate surface area is 183 Å². The molecule has 0 bridgehead atoms. The second-order valence-corrected chi connectivity index (χ2v) is 10.0. The molecular weight excluding hydrogens is 384 g/mol. The van der Waals surface area contributed by atoms with Crippen LogP contribution in [0.4, 0.5) is 0 Å². The van der Waals surface area contributed by atoms with E-state index in [4.69, 9.17) is 28.4 Å². The van der Waals surface area contributed by atoms with Crippen molar-refractivity contribution >= 4 is 0 Å². The smallest absolute Gasteiger partial charge is 0.0840 e. The molecule has 6 heteroatoms. The van der Waals surface area contributed by atoms with E-state index < -0.39 is 0 Å². The largest absolute Gasteiger partial charge is 0.377 e. The predicted octanol–water partition coefficient (Wildman–Crippen LogP) is 3.99. The van der Waals surface area contributed by atoms with Crippen molar-refractivity contribution in [1.82, 2.24) is 0 Å². The average Bonchev–Trinajstić information content (AvgIpc) is 2.72. The van der Waals surface area contributed by atoms with Crippen LogP contribution in [0.1, 0.15) is 65.7 Å². The van der Waals surface area contributed by atoms with Gasteiger partial charge in [-0.25, -0.2) is 0 Å². The molecule has 2 saturated carbocycles. The summed E-state index contributed by atoms with van der Waals surface area (Å²) in [7, 11) is 0. The molecule has 0 aromatic rings. The molecule has 0 aromatic heterocycles. The molecule has 2 aliphatic carbocycles. The van der Waals surface area contributed by atoms with Crippen molar-refractivity contribution in [3.05, 3.63) is 0 Å². The van der Waals surface area contributed by atoms with Crippen molar-refractivity contribution in [3.63, 3.8) is 0 Å². The van der Waals surface area contributed by atoms with Gasteiger partial charge in [-0.2, -0.15) is 0 Å². The minimum atomic E-state index is 0.132. The molecule has 0 aromatic carbocycles. The van der Waals surface area contributed by atoms with Crippen LogP contribution in [-0.2, 0) is 28.4 Å². The van der Waals surface area contributed by atoms with E-state index in [-0.39, 0.29) is 24.4 Å². The maximum Gasteiger partial charge on any atom is 0.0840 e. The van der Waals surface area contributed by atoms with Crippen LogP contribution in [-0.4, -0.2) is 77.3 Å². The maximum atomic E-state index is 6.25. The van der Waals surface area contributed by atoms with Gasteiger partial charge in [0.1, 0.15) is 0 Å². The van der Waals surface area contributed by atoms with Crippen molar-refractivity contribution in [3.8, 4) is 0 Å². The minimum absolute atomic E-state index is 0.132. The summed E-state index contributed by atoms with van der Waals surface area (Å²) in [5.74, 6) is 0.659. The summed E-state index contributed by atoms with van der Waals surface area (Å²) in [5.41, 5.74) is 0.300. The van der Waals surface area contributed by atoms with E-state index in [9.17, 15) is 0 Å². The fourth-order valence-corrected chi connectivity index (χ4v) is 4.94. The summed E-state index contributed by atoms with van der Waals surface area (Å²) in [6, 6.07) is 0. The highest BCUT2D eigenvalue weighted by Gasteiger charge is 2.37. The van der Waals surface area contributed by atoms with Crippen LogP contribution in [0.15, 0.2) is 0 Å². The van der Waals surface area contributed by atoms with Crippen molar-refractivity contribution in [1.29, 1.82) is 0 Å². The molecule has 1 heterocycles. The zero-order chi connectivity index (χ0) is 21.2. The summed E-state index contributed by atoms with van der Waals surface area (Å²) >= 11 is 0. The normalized spacial score (nSPS) is 36.7. The molecular formula is C24H44O6. The summed E-state index contributed by atoms with van der Waals surface area (Å²) in [6.45, 7) is 11.8. The van der Waals surface area contributed by atoms with Gasteiger partial charge in [-0.15, -0.1) is 0 Å². The Hall–Kier alpha value is -0.240. The van der Waals surface area contributed by atoms with Crippen LogP contribution >= 0.6 is 0 Å². The maximum absolute atomic E-state index is 6.25. The number of rotatable bonds is 0. The molecule has 0 N–H and O–H groups in total. The molecule has 5 atom stereocenters. The third-order valence-electron chi connectivity index (χ3n) is 6.84. The molecule has 176 valence electrons. The van der Waals surface area contributed by atoms with E-state index in [1.54, 1.807) is 0 Å². The SMILES string of the molecule is CC(C)(C)[C@H]1CC[C@@H]2OCCOCCO[C@H]3CCCC[C@H]3OCCOCCO[C@@H]2C1. The van der Waals surface area contributed by atoms with Gasteiger partial charge >= 0.3 is 0 Å². The second kappa shape index (κ2) is 12.7. The third kappa shape index (κ3) is 8.03. The number of hydrogen-bond acceptors (Lipinski definition) is 6. The predicted molar refractivity (Wildman–Crippen MR) is 116 cm³/mol. The summed E-state index contributed by atoms with van der Waals surface area (Å²) < 4.78 is 36.1. The van der Waals surface area contributed by atoms with Gasteiger partial charge in [-0.3, -0.25) is 0 Å². The van der Waals surface area contributed by atoms with E-state index in [0.29, 0.717) is 64.2 Å². The lowest BCUT2D eigenvalue weighted by molar-refractivity contribution is -0.137. The minimum Gasteiger partial charge on any atom is -0.377 e. The molecule has 0 spiro atoms. The molecule has 6 nitrogen and oxygen atoms in total. The molecule has 1 saturated heterocycles. The molecule has 30 heavy (non-hydrogen) atoms. The van der Waals surface area contributed by atoms with Crippen LogP contribution in [0.25, 0.3) is 0 Å². The van der Waals surface area contributed by atoms with Gasteiger partial charge < -0.3 is 28.4 Å². The lowest BCUT2D eigenvalue weighted by atomic mass is 9.71.